The van der Waals surface area contributed by atoms with E-state index in [0.29, 0.717) is 12.0 Å². The van der Waals surface area contributed by atoms with Gasteiger partial charge in [-0.25, -0.2) is 4.79 Å². The van der Waals surface area contributed by atoms with Gasteiger partial charge < -0.3 is 10.5 Å². The molecule has 1 aliphatic rings. The first-order valence-electron chi connectivity index (χ1n) is 7.18. The Morgan fingerprint density at radius 1 is 1.33 bits per heavy atom. The number of hydrogen-bond donors (Lipinski definition) is 1. The first kappa shape index (κ1) is 17.1. The van der Waals surface area contributed by atoms with Crippen molar-refractivity contribution in [1.29, 1.82) is 0 Å². The molecule has 1 atom stereocenters. The minimum absolute atomic E-state index is 0.0289. The molecule has 1 fully saturated rings. The Hall–Kier alpha value is -1.98. The third kappa shape index (κ3) is 4.24. The molecule has 21 heavy (non-hydrogen) atoms. The number of ether oxygens (including phenoxy) is 1. The fourth-order valence-corrected chi connectivity index (χ4v) is 1.96. The number of carbonyl (C=O) groups is 3. The van der Waals surface area contributed by atoms with Crippen molar-refractivity contribution in [3.8, 4) is 0 Å². The highest BCUT2D eigenvalue weighted by Gasteiger charge is 2.29. The predicted molar refractivity (Wildman–Crippen MR) is 78.9 cm³/mol. The summed E-state index contributed by atoms with van der Waals surface area (Å²) < 4.78 is 4.83. The zero-order valence-corrected chi connectivity index (χ0v) is 12.8. The predicted octanol–water partition coefficient (Wildman–Crippen LogP) is 1.18. The van der Waals surface area contributed by atoms with Crippen molar-refractivity contribution in [3.63, 3.8) is 0 Å². The number of hydrogen-bond acceptors (Lipinski definition) is 6. The van der Waals surface area contributed by atoms with Gasteiger partial charge in [0.15, 0.2) is 11.6 Å². The summed E-state index contributed by atoms with van der Waals surface area (Å²) >= 11 is 0. The van der Waals surface area contributed by atoms with Crippen LogP contribution < -0.4 is 5.73 Å². The molecular weight excluding hydrogens is 272 g/mol. The molecule has 0 amide bonds. The zero-order chi connectivity index (χ0) is 16.0. The smallest absolute Gasteiger partial charge is 0.354 e. The van der Waals surface area contributed by atoms with Gasteiger partial charge in [-0.2, -0.15) is 0 Å². The van der Waals surface area contributed by atoms with Crippen molar-refractivity contribution < 1.29 is 19.1 Å². The molecule has 6 heteroatoms. The molecule has 6 nitrogen and oxygen atoms in total. The van der Waals surface area contributed by atoms with Gasteiger partial charge in [-0.1, -0.05) is 13.8 Å². The topological polar surface area (TPSA) is 98.8 Å². The summed E-state index contributed by atoms with van der Waals surface area (Å²) in [4.78, 5) is 39.4. The molecule has 116 valence electrons. The lowest BCUT2D eigenvalue weighted by Gasteiger charge is -2.07. The summed E-state index contributed by atoms with van der Waals surface area (Å²) in [5, 5.41) is 0. The van der Waals surface area contributed by atoms with Crippen molar-refractivity contribution in [1.82, 2.24) is 0 Å². The second kappa shape index (κ2) is 7.71. The van der Waals surface area contributed by atoms with Crippen LogP contribution in [0.4, 0.5) is 0 Å². The van der Waals surface area contributed by atoms with E-state index in [0.717, 1.165) is 6.42 Å². The maximum atomic E-state index is 11.8. The summed E-state index contributed by atoms with van der Waals surface area (Å²) in [7, 11) is 0. The first-order valence-corrected chi connectivity index (χ1v) is 7.18. The lowest BCUT2D eigenvalue weighted by molar-refractivity contribution is -0.138. The molecule has 1 saturated carbocycles. The van der Waals surface area contributed by atoms with Crippen LogP contribution in [0.15, 0.2) is 16.3 Å². The molecule has 0 aromatic rings. The van der Waals surface area contributed by atoms with Gasteiger partial charge in [0.2, 0.25) is 0 Å². The molecule has 0 spiro atoms. The number of nitrogens with zero attached hydrogens (tertiary/aromatic N) is 1. The zero-order valence-electron chi connectivity index (χ0n) is 12.8. The van der Waals surface area contributed by atoms with E-state index in [1.54, 1.807) is 6.92 Å². The van der Waals surface area contributed by atoms with Crippen molar-refractivity contribution in [3.05, 3.63) is 11.3 Å². The van der Waals surface area contributed by atoms with E-state index in [-0.39, 0.29) is 48.5 Å². The Bertz CT molecular complexity index is 506. The Labute approximate surface area is 124 Å². The largest absolute Gasteiger partial charge is 0.461 e. The number of allylic oxidation sites excluding steroid dienone is 1. The van der Waals surface area contributed by atoms with Crippen molar-refractivity contribution in [2.24, 2.45) is 16.6 Å². The number of aliphatic imine (C=N–C) groups is 1. The molecule has 0 heterocycles. The molecule has 0 aliphatic heterocycles. The quantitative estimate of drug-likeness (QED) is 0.586. The standard InChI is InChI=1S/C15H22N2O4/c1-4-9(3)12(19)8-17-14-10(6-7-11(14)18)13(16)15(20)21-5-2/h9H,4-8,16H2,1-3H3/b13-10-,17-14?. The Morgan fingerprint density at radius 3 is 2.57 bits per heavy atom. The summed E-state index contributed by atoms with van der Waals surface area (Å²) in [5.41, 5.74) is 6.20. The number of nitrogens with two attached hydrogens (primary N) is 1. The van der Waals surface area contributed by atoms with Crippen LogP contribution in [0.2, 0.25) is 0 Å². The maximum Gasteiger partial charge on any atom is 0.354 e. The van der Waals surface area contributed by atoms with Crippen LogP contribution in [0, 0.1) is 5.92 Å². The van der Waals surface area contributed by atoms with Gasteiger partial charge >= 0.3 is 5.97 Å². The third-order valence-corrected chi connectivity index (χ3v) is 3.53. The number of esters is 1. The van der Waals surface area contributed by atoms with E-state index in [1.165, 1.54) is 0 Å². The van der Waals surface area contributed by atoms with Crippen LogP contribution in [0.3, 0.4) is 0 Å². The summed E-state index contributed by atoms with van der Waals surface area (Å²) in [6.45, 7) is 5.56. The lowest BCUT2D eigenvalue weighted by Crippen LogP contribution is -2.21. The Kier molecular flexibility index (Phi) is 6.27. The SMILES string of the molecule is CCOC(=O)/C(N)=C1\CCC(=O)C1=NCC(=O)C(C)CC. The van der Waals surface area contributed by atoms with E-state index >= 15 is 0 Å². The molecule has 0 radical (unpaired) electrons. The Morgan fingerprint density at radius 2 is 2.00 bits per heavy atom. The summed E-state index contributed by atoms with van der Waals surface area (Å²) in [6.07, 6.45) is 1.34. The highest BCUT2D eigenvalue weighted by atomic mass is 16.5. The Balaban J connectivity index is 2.96. The minimum atomic E-state index is -0.650. The molecule has 1 aliphatic carbocycles. The fraction of sp³-hybridized carbons (Fsp3) is 0.600. The number of carbonyl (C=O) groups excluding carboxylic acids is 3. The highest BCUT2D eigenvalue weighted by molar-refractivity contribution is 6.49. The fourth-order valence-electron chi connectivity index (χ4n) is 1.96. The van der Waals surface area contributed by atoms with Crippen molar-refractivity contribution in [2.75, 3.05) is 13.2 Å². The van der Waals surface area contributed by atoms with E-state index in [2.05, 4.69) is 4.99 Å². The highest BCUT2D eigenvalue weighted by Crippen LogP contribution is 2.22. The van der Waals surface area contributed by atoms with Crippen LogP contribution in [0.5, 0.6) is 0 Å². The van der Waals surface area contributed by atoms with E-state index in [4.69, 9.17) is 10.5 Å². The van der Waals surface area contributed by atoms with Gasteiger partial charge in [0.05, 0.1) is 13.2 Å². The monoisotopic (exact) mass is 294 g/mol. The number of rotatable bonds is 6. The van der Waals surface area contributed by atoms with Crippen LogP contribution in [-0.4, -0.2) is 36.4 Å². The average molecular weight is 294 g/mol. The van der Waals surface area contributed by atoms with Gasteiger partial charge in [-0.05, 0) is 19.8 Å². The van der Waals surface area contributed by atoms with Crippen molar-refractivity contribution in [2.45, 2.75) is 40.0 Å². The molecule has 2 N–H and O–H groups in total. The van der Waals surface area contributed by atoms with Gasteiger partial charge in [-0.15, -0.1) is 0 Å². The first-order chi connectivity index (χ1) is 9.92. The molecule has 1 rings (SSSR count). The normalized spacial score (nSPS) is 20.5. The van der Waals surface area contributed by atoms with Crippen LogP contribution in [-0.2, 0) is 19.1 Å². The van der Waals surface area contributed by atoms with Gasteiger partial charge in [0, 0.05) is 17.9 Å². The van der Waals surface area contributed by atoms with Gasteiger partial charge in [0.25, 0.3) is 0 Å². The van der Waals surface area contributed by atoms with E-state index < -0.39 is 5.97 Å². The molecule has 1 unspecified atom stereocenters. The minimum Gasteiger partial charge on any atom is -0.461 e. The van der Waals surface area contributed by atoms with Gasteiger partial charge in [-0.3, -0.25) is 14.6 Å². The third-order valence-electron chi connectivity index (χ3n) is 3.53. The summed E-state index contributed by atoms with van der Waals surface area (Å²) in [5.74, 6) is -0.961. The van der Waals surface area contributed by atoms with Gasteiger partial charge in [0.1, 0.15) is 11.4 Å². The molecule has 0 aromatic heterocycles. The molecule has 0 bridgehead atoms. The second-order valence-electron chi connectivity index (χ2n) is 4.98. The van der Waals surface area contributed by atoms with Crippen LogP contribution in [0.1, 0.15) is 40.0 Å². The average Bonchev–Trinajstić information content (AvgIpc) is 2.84. The van der Waals surface area contributed by atoms with Crippen LogP contribution >= 0.6 is 0 Å². The van der Waals surface area contributed by atoms with Crippen LogP contribution in [0.25, 0.3) is 0 Å². The molecular formula is C15H22N2O4. The maximum absolute atomic E-state index is 11.8. The molecule has 0 aromatic carbocycles. The summed E-state index contributed by atoms with van der Waals surface area (Å²) in [6, 6.07) is 0. The number of Topliss-reactive ketones (excluding diaryl/α,β-unsaturated/α-hetero) is 2. The van der Waals surface area contributed by atoms with E-state index in [1.807, 2.05) is 13.8 Å². The lowest BCUT2D eigenvalue weighted by atomic mass is 10.0. The number of ketones is 2. The van der Waals surface area contributed by atoms with Crippen molar-refractivity contribution >= 4 is 23.2 Å². The molecule has 0 saturated heterocycles. The van der Waals surface area contributed by atoms with E-state index in [9.17, 15) is 14.4 Å². The second-order valence-corrected chi connectivity index (χ2v) is 4.98.